The molecule has 1 atom stereocenters. The van der Waals surface area contributed by atoms with E-state index in [1.165, 1.54) is 0 Å². The molecular weight excluding hydrogens is 310 g/mol. The number of piperidine rings is 1. The molecule has 1 aromatic rings. The van der Waals surface area contributed by atoms with Gasteiger partial charge in [-0.15, -0.1) is 0 Å². The monoisotopic (exact) mass is 325 g/mol. The number of benzene rings is 1. The summed E-state index contributed by atoms with van der Waals surface area (Å²) < 4.78 is 5.89. The van der Waals surface area contributed by atoms with Gasteiger partial charge in [-0.2, -0.15) is 0 Å². The molecule has 1 amide bonds. The van der Waals surface area contributed by atoms with Crippen LogP contribution in [-0.4, -0.2) is 36.8 Å². The summed E-state index contributed by atoms with van der Waals surface area (Å²) in [6.07, 6.45) is 0.449. The lowest BCUT2D eigenvalue weighted by Gasteiger charge is -2.30. The molecule has 0 N–H and O–H groups in total. The molecule has 0 radical (unpaired) electrons. The number of rotatable bonds is 2. The topological polar surface area (TPSA) is 46.6 Å². The van der Waals surface area contributed by atoms with Crippen molar-refractivity contribution in [2.24, 2.45) is 5.92 Å². The minimum absolute atomic E-state index is 0.0392. The highest BCUT2D eigenvalue weighted by atomic mass is 79.9. The molecule has 5 heteroatoms. The molecular formula is C14H16BrNO3. The fourth-order valence-corrected chi connectivity index (χ4v) is 2.72. The van der Waals surface area contributed by atoms with Crippen LogP contribution in [0.4, 0.5) is 0 Å². The summed E-state index contributed by atoms with van der Waals surface area (Å²) in [6, 6.07) is 5.26. The van der Waals surface area contributed by atoms with E-state index in [1.807, 2.05) is 6.92 Å². The summed E-state index contributed by atoms with van der Waals surface area (Å²) in [4.78, 5) is 25.6. The van der Waals surface area contributed by atoms with Crippen LogP contribution in [0.5, 0.6) is 5.75 Å². The number of hydrogen-bond donors (Lipinski definition) is 0. The maximum Gasteiger partial charge on any atom is 0.253 e. The average molecular weight is 326 g/mol. The summed E-state index contributed by atoms with van der Waals surface area (Å²) in [6.45, 7) is 2.87. The van der Waals surface area contributed by atoms with E-state index in [-0.39, 0.29) is 17.6 Å². The Kier molecular flexibility index (Phi) is 4.24. The smallest absolute Gasteiger partial charge is 0.253 e. The summed E-state index contributed by atoms with van der Waals surface area (Å²) in [7, 11) is 1.58. The zero-order valence-electron chi connectivity index (χ0n) is 11.0. The van der Waals surface area contributed by atoms with Crippen LogP contribution in [0.2, 0.25) is 0 Å². The lowest BCUT2D eigenvalue weighted by atomic mass is 9.98. The Morgan fingerprint density at radius 3 is 2.79 bits per heavy atom. The van der Waals surface area contributed by atoms with Crippen molar-refractivity contribution in [1.29, 1.82) is 0 Å². The van der Waals surface area contributed by atoms with Crippen LogP contribution in [0.3, 0.4) is 0 Å². The molecule has 0 spiro atoms. The molecule has 1 unspecified atom stereocenters. The van der Waals surface area contributed by atoms with E-state index in [9.17, 15) is 9.59 Å². The first-order valence-corrected chi connectivity index (χ1v) is 6.97. The largest absolute Gasteiger partial charge is 0.496 e. The van der Waals surface area contributed by atoms with E-state index in [0.717, 1.165) is 4.47 Å². The minimum atomic E-state index is -0.0700. The second-order valence-electron chi connectivity index (χ2n) is 4.72. The fourth-order valence-electron chi connectivity index (χ4n) is 2.18. The molecule has 1 aliphatic heterocycles. The fraction of sp³-hybridized carbons (Fsp3) is 0.429. The van der Waals surface area contributed by atoms with E-state index in [2.05, 4.69) is 15.9 Å². The number of likely N-dealkylation sites (tertiary alicyclic amines) is 1. The number of hydrogen-bond acceptors (Lipinski definition) is 3. The third kappa shape index (κ3) is 2.97. The Hall–Kier alpha value is -1.36. The molecule has 0 saturated carbocycles. The van der Waals surface area contributed by atoms with Crippen molar-refractivity contribution >= 4 is 27.6 Å². The first-order chi connectivity index (χ1) is 9.02. The molecule has 0 aliphatic carbocycles. The van der Waals surface area contributed by atoms with Crippen LogP contribution >= 0.6 is 15.9 Å². The van der Waals surface area contributed by atoms with Crippen LogP contribution in [0.1, 0.15) is 23.7 Å². The van der Waals surface area contributed by atoms with E-state index in [4.69, 9.17) is 4.74 Å². The number of Topliss-reactive ketones (excluding diaryl/α,β-unsaturated/α-hetero) is 1. The number of carbonyl (C=O) groups is 2. The molecule has 102 valence electrons. The van der Waals surface area contributed by atoms with Gasteiger partial charge in [0.2, 0.25) is 0 Å². The number of methoxy groups -OCH3 is 1. The van der Waals surface area contributed by atoms with Gasteiger partial charge in [0, 0.05) is 31.0 Å². The van der Waals surface area contributed by atoms with Crippen molar-refractivity contribution in [3.05, 3.63) is 28.2 Å². The van der Waals surface area contributed by atoms with Crippen molar-refractivity contribution in [3.8, 4) is 5.75 Å². The van der Waals surface area contributed by atoms with Crippen molar-refractivity contribution < 1.29 is 14.3 Å². The van der Waals surface area contributed by atoms with Gasteiger partial charge in [-0.25, -0.2) is 0 Å². The van der Waals surface area contributed by atoms with Crippen LogP contribution < -0.4 is 4.74 Å². The van der Waals surface area contributed by atoms with Gasteiger partial charge in [0.15, 0.2) is 0 Å². The molecule has 1 heterocycles. The maximum atomic E-state index is 12.4. The molecule has 0 bridgehead atoms. The highest BCUT2D eigenvalue weighted by Crippen LogP contribution is 2.26. The number of nitrogens with zero attached hydrogens (tertiary/aromatic N) is 1. The molecule has 1 fully saturated rings. The van der Waals surface area contributed by atoms with E-state index < -0.39 is 0 Å². The number of ketones is 1. The lowest BCUT2D eigenvalue weighted by Crippen LogP contribution is -2.43. The number of halogens is 1. The third-order valence-electron chi connectivity index (χ3n) is 3.36. The summed E-state index contributed by atoms with van der Waals surface area (Å²) >= 11 is 3.37. The SMILES string of the molecule is COc1ccc(C(=O)N2CCC(=O)C(C)C2)cc1Br. The Bertz CT molecular complexity index is 515. The van der Waals surface area contributed by atoms with Gasteiger partial charge in [0.1, 0.15) is 11.5 Å². The van der Waals surface area contributed by atoms with Crippen LogP contribution in [-0.2, 0) is 4.79 Å². The van der Waals surface area contributed by atoms with Crippen LogP contribution in [0.25, 0.3) is 0 Å². The van der Waals surface area contributed by atoms with Crippen molar-refractivity contribution in [1.82, 2.24) is 4.90 Å². The van der Waals surface area contributed by atoms with Gasteiger partial charge in [-0.1, -0.05) is 6.92 Å². The predicted octanol–water partition coefficient (Wildman–Crippen LogP) is 2.51. The van der Waals surface area contributed by atoms with Gasteiger partial charge in [0.25, 0.3) is 5.91 Å². The molecule has 1 saturated heterocycles. The standard InChI is InChI=1S/C14H16BrNO3/c1-9-8-16(6-5-12(9)17)14(18)10-3-4-13(19-2)11(15)7-10/h3-4,7,9H,5-6,8H2,1-2H3. The minimum Gasteiger partial charge on any atom is -0.496 e. The van der Waals surface area contributed by atoms with Gasteiger partial charge < -0.3 is 9.64 Å². The molecule has 0 aromatic heterocycles. The van der Waals surface area contributed by atoms with Gasteiger partial charge in [0.05, 0.1) is 11.6 Å². The van der Waals surface area contributed by atoms with Crippen molar-refractivity contribution in [2.75, 3.05) is 20.2 Å². The predicted molar refractivity (Wildman–Crippen MR) is 75.4 cm³/mol. The van der Waals surface area contributed by atoms with Gasteiger partial charge in [-0.05, 0) is 34.1 Å². The van der Waals surface area contributed by atoms with Crippen molar-refractivity contribution in [3.63, 3.8) is 0 Å². The summed E-state index contributed by atoms with van der Waals surface area (Å²) in [5.74, 6) is 0.820. The maximum absolute atomic E-state index is 12.4. The molecule has 1 aromatic carbocycles. The second-order valence-corrected chi connectivity index (χ2v) is 5.57. The third-order valence-corrected chi connectivity index (χ3v) is 3.98. The quantitative estimate of drug-likeness (QED) is 0.839. The van der Waals surface area contributed by atoms with Gasteiger partial charge in [-0.3, -0.25) is 9.59 Å². The van der Waals surface area contributed by atoms with E-state index >= 15 is 0 Å². The molecule has 4 nitrogen and oxygen atoms in total. The summed E-state index contributed by atoms with van der Waals surface area (Å²) in [5.41, 5.74) is 0.606. The normalized spacial score (nSPS) is 19.4. The number of amides is 1. The van der Waals surface area contributed by atoms with E-state index in [1.54, 1.807) is 30.2 Å². The molecule has 2 rings (SSSR count). The molecule has 19 heavy (non-hydrogen) atoms. The van der Waals surface area contributed by atoms with E-state index in [0.29, 0.717) is 30.8 Å². The first kappa shape index (κ1) is 14.1. The number of ether oxygens (including phenoxy) is 1. The second kappa shape index (κ2) is 5.74. The lowest BCUT2D eigenvalue weighted by molar-refractivity contribution is -0.124. The zero-order chi connectivity index (χ0) is 14.0. The Morgan fingerprint density at radius 1 is 1.47 bits per heavy atom. The molecule has 1 aliphatic rings. The van der Waals surface area contributed by atoms with Crippen LogP contribution in [0, 0.1) is 5.92 Å². The summed E-state index contributed by atoms with van der Waals surface area (Å²) in [5, 5.41) is 0. The van der Waals surface area contributed by atoms with Crippen LogP contribution in [0.15, 0.2) is 22.7 Å². The highest BCUT2D eigenvalue weighted by molar-refractivity contribution is 9.10. The Balaban J connectivity index is 2.16. The Morgan fingerprint density at radius 2 is 2.21 bits per heavy atom. The van der Waals surface area contributed by atoms with Gasteiger partial charge >= 0.3 is 0 Å². The first-order valence-electron chi connectivity index (χ1n) is 6.18. The average Bonchev–Trinajstić information content (AvgIpc) is 2.41. The Labute approximate surface area is 120 Å². The highest BCUT2D eigenvalue weighted by Gasteiger charge is 2.27. The zero-order valence-corrected chi connectivity index (χ0v) is 12.6. The van der Waals surface area contributed by atoms with Crippen molar-refractivity contribution in [2.45, 2.75) is 13.3 Å². The number of carbonyl (C=O) groups excluding carboxylic acids is 2.